The van der Waals surface area contributed by atoms with Gasteiger partial charge < -0.3 is 10.6 Å². The van der Waals surface area contributed by atoms with E-state index in [4.69, 9.17) is 0 Å². The summed E-state index contributed by atoms with van der Waals surface area (Å²) in [6.45, 7) is 3.64. The van der Waals surface area contributed by atoms with E-state index in [0.29, 0.717) is 22.9 Å². The number of aryl methyl sites for hydroxylation is 2. The van der Waals surface area contributed by atoms with Gasteiger partial charge in [-0.15, -0.1) is 0 Å². The molecule has 0 atom stereocenters. The van der Waals surface area contributed by atoms with Crippen molar-refractivity contribution >= 4 is 23.1 Å². The number of rotatable bonds is 4. The van der Waals surface area contributed by atoms with Crippen molar-refractivity contribution in [1.29, 1.82) is 5.26 Å². The lowest BCUT2D eigenvalue weighted by Crippen LogP contribution is -2.16. The van der Waals surface area contributed by atoms with E-state index in [1.54, 1.807) is 31.2 Å². The molecule has 6 nitrogen and oxygen atoms in total. The molecule has 0 radical (unpaired) electrons. The summed E-state index contributed by atoms with van der Waals surface area (Å²) in [6.07, 6.45) is 0. The first-order valence-corrected chi connectivity index (χ1v) is 8.05. The third-order valence-electron chi connectivity index (χ3n) is 3.77. The van der Waals surface area contributed by atoms with Gasteiger partial charge in [0.05, 0.1) is 11.3 Å². The Hall–Kier alpha value is -3.72. The first-order valence-electron chi connectivity index (χ1n) is 8.05. The largest absolute Gasteiger partial charge is 0.339 e. The maximum Gasteiger partial charge on any atom is 0.274 e. The van der Waals surface area contributed by atoms with Crippen LogP contribution < -0.4 is 10.6 Å². The summed E-state index contributed by atoms with van der Waals surface area (Å²) in [5.41, 5.74) is 3.07. The maximum atomic E-state index is 12.6. The van der Waals surface area contributed by atoms with Crippen LogP contribution in [0.2, 0.25) is 0 Å². The van der Waals surface area contributed by atoms with Gasteiger partial charge in [0.1, 0.15) is 23.4 Å². The topological polar surface area (TPSA) is 90.7 Å². The Bertz CT molecular complexity index is 1010. The van der Waals surface area contributed by atoms with Crippen molar-refractivity contribution < 1.29 is 4.79 Å². The van der Waals surface area contributed by atoms with E-state index < -0.39 is 0 Å². The predicted octanol–water partition coefficient (Wildman–Crippen LogP) is 3.96. The molecule has 6 heteroatoms. The normalized spacial score (nSPS) is 10.0. The molecular weight excluding hydrogens is 326 g/mol. The summed E-state index contributed by atoms with van der Waals surface area (Å²) in [7, 11) is 0. The summed E-state index contributed by atoms with van der Waals surface area (Å²) in [6, 6.07) is 18.3. The minimum Gasteiger partial charge on any atom is -0.339 e. The number of aromatic nitrogens is 2. The number of carbonyl (C=O) groups excluding carboxylic acids is 1. The molecule has 0 aliphatic heterocycles. The van der Waals surface area contributed by atoms with Gasteiger partial charge in [-0.25, -0.2) is 9.97 Å². The third-order valence-corrected chi connectivity index (χ3v) is 3.77. The molecule has 0 bridgehead atoms. The van der Waals surface area contributed by atoms with Gasteiger partial charge in [-0.1, -0.05) is 30.3 Å². The number of anilines is 3. The zero-order valence-electron chi connectivity index (χ0n) is 14.4. The first-order chi connectivity index (χ1) is 12.6. The molecule has 2 N–H and O–H groups in total. The number of amides is 1. The number of hydrogen-bond acceptors (Lipinski definition) is 5. The first kappa shape index (κ1) is 17.1. The SMILES string of the molecule is Cc1nc(Nc2ccccc2C#N)cc(C(=O)Nc2ccccc2C)n1. The van der Waals surface area contributed by atoms with Gasteiger partial charge in [-0.05, 0) is 37.6 Å². The van der Waals surface area contributed by atoms with Crippen LogP contribution in [0.25, 0.3) is 0 Å². The van der Waals surface area contributed by atoms with Crippen molar-refractivity contribution in [2.45, 2.75) is 13.8 Å². The minimum atomic E-state index is -0.318. The highest BCUT2D eigenvalue weighted by molar-refractivity contribution is 6.03. The molecule has 128 valence electrons. The molecule has 3 rings (SSSR count). The average molecular weight is 343 g/mol. The second-order valence-electron chi connectivity index (χ2n) is 5.74. The summed E-state index contributed by atoms with van der Waals surface area (Å²) < 4.78 is 0. The number of nitrogens with one attached hydrogen (secondary N) is 2. The van der Waals surface area contributed by atoms with E-state index in [1.807, 2.05) is 37.3 Å². The van der Waals surface area contributed by atoms with E-state index in [9.17, 15) is 10.1 Å². The zero-order valence-corrected chi connectivity index (χ0v) is 14.4. The molecular formula is C20H17N5O. The predicted molar refractivity (Wildman–Crippen MR) is 100 cm³/mol. The van der Waals surface area contributed by atoms with Crippen LogP contribution in [-0.2, 0) is 0 Å². The second-order valence-corrected chi connectivity index (χ2v) is 5.74. The molecule has 0 unspecified atom stereocenters. The van der Waals surface area contributed by atoms with Gasteiger partial charge in [0.2, 0.25) is 0 Å². The van der Waals surface area contributed by atoms with Gasteiger partial charge in [0.15, 0.2) is 0 Å². The summed E-state index contributed by atoms with van der Waals surface area (Å²) in [5.74, 6) is 0.593. The summed E-state index contributed by atoms with van der Waals surface area (Å²) >= 11 is 0. The number of nitrogens with zero attached hydrogens (tertiary/aromatic N) is 3. The molecule has 1 amide bonds. The number of hydrogen-bond donors (Lipinski definition) is 2. The van der Waals surface area contributed by atoms with Crippen LogP contribution in [0.15, 0.2) is 54.6 Å². The molecule has 0 aliphatic rings. The Morgan fingerprint density at radius 2 is 1.69 bits per heavy atom. The van der Waals surface area contributed by atoms with Crippen LogP contribution in [0.4, 0.5) is 17.2 Å². The van der Waals surface area contributed by atoms with E-state index in [2.05, 4.69) is 26.7 Å². The lowest BCUT2D eigenvalue weighted by molar-refractivity contribution is 0.102. The van der Waals surface area contributed by atoms with Gasteiger partial charge >= 0.3 is 0 Å². The molecule has 0 fully saturated rings. The van der Waals surface area contributed by atoms with Gasteiger partial charge in [0, 0.05) is 11.8 Å². The lowest BCUT2D eigenvalue weighted by atomic mass is 10.2. The number of benzene rings is 2. The number of carbonyl (C=O) groups is 1. The highest BCUT2D eigenvalue weighted by Gasteiger charge is 2.12. The number of para-hydroxylation sites is 2. The molecule has 2 aromatic carbocycles. The Kier molecular flexibility index (Phi) is 4.90. The monoisotopic (exact) mass is 343 g/mol. The van der Waals surface area contributed by atoms with Crippen LogP contribution in [0.1, 0.15) is 27.4 Å². The van der Waals surface area contributed by atoms with Gasteiger partial charge in [-0.3, -0.25) is 4.79 Å². The van der Waals surface area contributed by atoms with E-state index in [0.717, 1.165) is 11.3 Å². The Morgan fingerprint density at radius 1 is 1.00 bits per heavy atom. The highest BCUT2D eigenvalue weighted by atomic mass is 16.1. The molecule has 1 aromatic heterocycles. The molecule has 3 aromatic rings. The van der Waals surface area contributed by atoms with Crippen LogP contribution >= 0.6 is 0 Å². The summed E-state index contributed by atoms with van der Waals surface area (Å²) in [4.78, 5) is 21.1. The van der Waals surface area contributed by atoms with Crippen molar-refractivity contribution in [3.05, 3.63) is 77.2 Å². The average Bonchev–Trinajstić information content (AvgIpc) is 2.63. The fourth-order valence-electron chi connectivity index (χ4n) is 2.48. The van der Waals surface area contributed by atoms with Crippen molar-refractivity contribution in [3.8, 4) is 6.07 Å². The van der Waals surface area contributed by atoms with Crippen LogP contribution in [0.5, 0.6) is 0 Å². The molecule has 26 heavy (non-hydrogen) atoms. The van der Waals surface area contributed by atoms with Gasteiger partial charge in [0.25, 0.3) is 5.91 Å². The summed E-state index contributed by atoms with van der Waals surface area (Å²) in [5, 5.41) is 15.1. The van der Waals surface area contributed by atoms with E-state index in [1.165, 1.54) is 0 Å². The molecule has 1 heterocycles. The molecule has 0 saturated carbocycles. The van der Waals surface area contributed by atoms with Crippen molar-refractivity contribution in [2.24, 2.45) is 0 Å². The Morgan fingerprint density at radius 3 is 2.42 bits per heavy atom. The Balaban J connectivity index is 1.87. The fourth-order valence-corrected chi connectivity index (χ4v) is 2.48. The van der Waals surface area contributed by atoms with Crippen LogP contribution in [-0.4, -0.2) is 15.9 Å². The van der Waals surface area contributed by atoms with Crippen molar-refractivity contribution in [2.75, 3.05) is 10.6 Å². The van der Waals surface area contributed by atoms with Gasteiger partial charge in [-0.2, -0.15) is 5.26 Å². The Labute approximate surface area is 151 Å². The fraction of sp³-hybridized carbons (Fsp3) is 0.100. The van der Waals surface area contributed by atoms with Crippen molar-refractivity contribution in [3.63, 3.8) is 0 Å². The van der Waals surface area contributed by atoms with Crippen LogP contribution in [0.3, 0.4) is 0 Å². The lowest BCUT2D eigenvalue weighted by Gasteiger charge is -2.11. The quantitative estimate of drug-likeness (QED) is 0.748. The molecule has 0 saturated heterocycles. The standard InChI is InChI=1S/C20H17N5O/c1-13-7-3-5-9-16(13)25-20(26)18-11-19(23-14(2)22-18)24-17-10-6-4-8-15(17)12-21/h3-11H,1-2H3,(H,25,26)(H,22,23,24). The third kappa shape index (κ3) is 3.84. The molecule has 0 spiro atoms. The van der Waals surface area contributed by atoms with Crippen molar-refractivity contribution in [1.82, 2.24) is 9.97 Å². The number of nitriles is 1. The highest BCUT2D eigenvalue weighted by Crippen LogP contribution is 2.20. The van der Waals surface area contributed by atoms with E-state index in [-0.39, 0.29) is 11.6 Å². The maximum absolute atomic E-state index is 12.6. The van der Waals surface area contributed by atoms with E-state index >= 15 is 0 Å². The van der Waals surface area contributed by atoms with Crippen LogP contribution in [0, 0.1) is 25.2 Å². The molecule has 0 aliphatic carbocycles. The minimum absolute atomic E-state index is 0.248. The smallest absolute Gasteiger partial charge is 0.274 e. The second kappa shape index (κ2) is 7.45. The zero-order chi connectivity index (χ0) is 18.5.